The second-order valence-electron chi connectivity index (χ2n) is 5.75. The maximum Gasteiger partial charge on any atom is 0.416 e. The first-order valence-electron chi connectivity index (χ1n) is 7.47. The largest absolute Gasteiger partial charge is 0.416 e. The second kappa shape index (κ2) is 5.99. The van der Waals surface area contributed by atoms with Crippen LogP contribution in [0.3, 0.4) is 0 Å². The van der Waals surface area contributed by atoms with E-state index in [0.717, 1.165) is 12.1 Å². The van der Waals surface area contributed by atoms with E-state index in [-0.39, 0.29) is 6.61 Å². The number of hydrogen-bond donors (Lipinski definition) is 2. The van der Waals surface area contributed by atoms with E-state index in [1.165, 1.54) is 16.9 Å². The monoisotopic (exact) mass is 352 g/mol. The van der Waals surface area contributed by atoms with Gasteiger partial charge in [-0.25, -0.2) is 14.5 Å². The molecule has 0 saturated carbocycles. The average molecular weight is 352 g/mol. The molecule has 1 unspecified atom stereocenters. The number of aliphatic hydroxyl groups is 1. The third-order valence-corrected chi connectivity index (χ3v) is 4.12. The normalized spacial score (nSPS) is 13.4. The van der Waals surface area contributed by atoms with Gasteiger partial charge >= 0.3 is 11.9 Å². The van der Waals surface area contributed by atoms with Gasteiger partial charge in [0.15, 0.2) is 0 Å². The lowest BCUT2D eigenvalue weighted by atomic mass is 9.99. The predicted octanol–water partition coefficient (Wildman–Crippen LogP) is 2.55. The van der Waals surface area contributed by atoms with Crippen molar-refractivity contribution in [2.45, 2.75) is 32.7 Å². The lowest BCUT2D eigenvalue weighted by Crippen LogP contribution is -2.15. The molecular weight excluding hydrogens is 337 g/mol. The van der Waals surface area contributed by atoms with Crippen molar-refractivity contribution in [2.24, 2.45) is 0 Å². The molecular formula is C16H15F3N4O2. The summed E-state index contributed by atoms with van der Waals surface area (Å²) in [5.41, 5.74) is 0.466. The lowest BCUT2D eigenvalue weighted by molar-refractivity contribution is -0.137. The van der Waals surface area contributed by atoms with Crippen molar-refractivity contribution in [1.29, 1.82) is 0 Å². The molecule has 0 amide bonds. The molecule has 0 bridgehead atoms. The minimum Gasteiger partial charge on any atom is -0.390 e. The molecule has 2 N–H and O–H groups in total. The Balaban J connectivity index is 2.13. The summed E-state index contributed by atoms with van der Waals surface area (Å²) in [4.78, 5) is 17.7. The zero-order chi connectivity index (χ0) is 18.4. The molecule has 132 valence electrons. The molecule has 2 heterocycles. The molecule has 0 saturated heterocycles. The van der Waals surface area contributed by atoms with Gasteiger partial charge in [0.05, 0.1) is 29.3 Å². The second-order valence-corrected chi connectivity index (χ2v) is 5.75. The van der Waals surface area contributed by atoms with E-state index in [2.05, 4.69) is 15.1 Å². The van der Waals surface area contributed by atoms with E-state index in [1.807, 2.05) is 0 Å². The molecule has 25 heavy (non-hydrogen) atoms. The van der Waals surface area contributed by atoms with Crippen LogP contribution in [0.2, 0.25) is 0 Å². The standard InChI is InChI=1S/C16H15F3N4O2/c1-8-5-10(16(17,18)19)3-4-11(8)9(2)23-14-12(13(7-24)22-23)6-20-15(25)21-14/h3-6,9,24H,7H2,1-2H3,(H,20,21,25). The SMILES string of the molecule is Cc1cc(C(F)(F)F)ccc1C(C)n1nc(CO)c2cnc(=O)[nH]c21. The van der Waals surface area contributed by atoms with E-state index in [1.54, 1.807) is 13.8 Å². The summed E-state index contributed by atoms with van der Waals surface area (Å²) in [7, 11) is 0. The van der Waals surface area contributed by atoms with E-state index in [0.29, 0.717) is 27.9 Å². The van der Waals surface area contributed by atoms with E-state index in [4.69, 9.17) is 0 Å². The van der Waals surface area contributed by atoms with Crippen LogP contribution >= 0.6 is 0 Å². The van der Waals surface area contributed by atoms with Crippen LogP contribution in [0, 0.1) is 6.92 Å². The molecule has 9 heteroatoms. The van der Waals surface area contributed by atoms with E-state index >= 15 is 0 Å². The Kier molecular flexibility index (Phi) is 4.11. The van der Waals surface area contributed by atoms with Crippen LogP contribution in [0.1, 0.15) is 35.3 Å². The number of nitrogens with one attached hydrogen (secondary N) is 1. The van der Waals surface area contributed by atoms with Crippen LogP contribution < -0.4 is 5.69 Å². The Morgan fingerprint density at radius 1 is 1.36 bits per heavy atom. The number of nitrogens with zero attached hydrogens (tertiary/aromatic N) is 3. The van der Waals surface area contributed by atoms with Gasteiger partial charge in [-0.3, -0.25) is 4.98 Å². The zero-order valence-electron chi connectivity index (χ0n) is 13.4. The highest BCUT2D eigenvalue weighted by atomic mass is 19.4. The summed E-state index contributed by atoms with van der Waals surface area (Å²) in [6, 6.07) is 3.04. The number of benzene rings is 1. The first kappa shape index (κ1) is 17.2. The molecule has 1 atom stereocenters. The van der Waals surface area contributed by atoms with Crippen LogP contribution in [0.5, 0.6) is 0 Å². The Labute approximate surface area is 139 Å². The van der Waals surface area contributed by atoms with Crippen molar-refractivity contribution in [3.63, 3.8) is 0 Å². The van der Waals surface area contributed by atoms with Gasteiger partial charge in [0.25, 0.3) is 0 Å². The number of rotatable bonds is 3. The molecule has 0 aliphatic rings. The van der Waals surface area contributed by atoms with Crippen LogP contribution in [-0.2, 0) is 12.8 Å². The molecule has 1 aromatic carbocycles. The number of H-pyrrole nitrogens is 1. The van der Waals surface area contributed by atoms with Gasteiger partial charge < -0.3 is 5.11 Å². The average Bonchev–Trinajstić information content (AvgIpc) is 2.91. The van der Waals surface area contributed by atoms with Crippen molar-refractivity contribution < 1.29 is 18.3 Å². The smallest absolute Gasteiger partial charge is 0.390 e. The zero-order valence-corrected chi connectivity index (χ0v) is 13.4. The van der Waals surface area contributed by atoms with Crippen molar-refractivity contribution in [1.82, 2.24) is 19.7 Å². The van der Waals surface area contributed by atoms with Crippen LogP contribution in [0.15, 0.2) is 29.2 Å². The summed E-state index contributed by atoms with van der Waals surface area (Å²) >= 11 is 0. The highest BCUT2D eigenvalue weighted by Crippen LogP contribution is 2.33. The molecule has 6 nitrogen and oxygen atoms in total. The Morgan fingerprint density at radius 2 is 2.08 bits per heavy atom. The van der Waals surface area contributed by atoms with Gasteiger partial charge in [0.1, 0.15) is 5.65 Å². The van der Waals surface area contributed by atoms with Crippen LogP contribution in [-0.4, -0.2) is 24.9 Å². The molecule has 2 aromatic heterocycles. The fourth-order valence-electron chi connectivity index (χ4n) is 2.86. The van der Waals surface area contributed by atoms with Gasteiger partial charge in [-0.2, -0.15) is 18.3 Å². The van der Waals surface area contributed by atoms with Crippen molar-refractivity contribution in [3.05, 3.63) is 57.3 Å². The van der Waals surface area contributed by atoms with E-state index in [9.17, 15) is 23.1 Å². The third kappa shape index (κ3) is 3.02. The number of aryl methyl sites for hydroxylation is 1. The number of aromatic amines is 1. The quantitative estimate of drug-likeness (QED) is 0.759. The minimum absolute atomic E-state index is 0.329. The maximum atomic E-state index is 12.8. The molecule has 0 aliphatic heterocycles. The lowest BCUT2D eigenvalue weighted by Gasteiger charge is -2.18. The van der Waals surface area contributed by atoms with Crippen LogP contribution in [0.25, 0.3) is 11.0 Å². The molecule has 0 radical (unpaired) electrons. The van der Waals surface area contributed by atoms with Gasteiger partial charge in [-0.05, 0) is 37.1 Å². The summed E-state index contributed by atoms with van der Waals surface area (Å²) < 4.78 is 40.0. The number of fused-ring (bicyclic) bond motifs is 1. The fourth-order valence-corrected chi connectivity index (χ4v) is 2.86. The number of hydrogen-bond acceptors (Lipinski definition) is 4. The highest BCUT2D eigenvalue weighted by Gasteiger charge is 2.31. The highest BCUT2D eigenvalue weighted by molar-refractivity contribution is 5.77. The number of aliphatic hydroxyl groups excluding tert-OH is 1. The number of alkyl halides is 3. The summed E-state index contributed by atoms with van der Waals surface area (Å²) in [6.45, 7) is 2.99. The van der Waals surface area contributed by atoms with E-state index < -0.39 is 23.5 Å². The number of halogens is 3. The topological polar surface area (TPSA) is 83.8 Å². The molecule has 3 rings (SSSR count). The molecule has 0 fully saturated rings. The Hall–Kier alpha value is -2.68. The predicted molar refractivity (Wildman–Crippen MR) is 84.1 cm³/mol. The minimum atomic E-state index is -4.41. The van der Waals surface area contributed by atoms with Crippen LogP contribution in [0.4, 0.5) is 13.2 Å². The van der Waals surface area contributed by atoms with Crippen molar-refractivity contribution in [3.8, 4) is 0 Å². The van der Waals surface area contributed by atoms with Crippen molar-refractivity contribution >= 4 is 11.0 Å². The molecule has 0 aliphatic carbocycles. The fraction of sp³-hybridized carbons (Fsp3) is 0.312. The first-order chi connectivity index (χ1) is 11.7. The van der Waals surface area contributed by atoms with Gasteiger partial charge in [0.2, 0.25) is 0 Å². The number of aromatic nitrogens is 4. The maximum absolute atomic E-state index is 12.8. The Morgan fingerprint density at radius 3 is 2.68 bits per heavy atom. The summed E-state index contributed by atoms with van der Waals surface area (Å²) in [5.74, 6) is 0. The third-order valence-electron chi connectivity index (χ3n) is 4.12. The van der Waals surface area contributed by atoms with Gasteiger partial charge in [-0.15, -0.1) is 0 Å². The summed E-state index contributed by atoms with van der Waals surface area (Å²) in [6.07, 6.45) is -3.10. The summed E-state index contributed by atoms with van der Waals surface area (Å²) in [5, 5.41) is 14.2. The molecule has 3 aromatic rings. The van der Waals surface area contributed by atoms with Crippen molar-refractivity contribution in [2.75, 3.05) is 0 Å². The van der Waals surface area contributed by atoms with Gasteiger partial charge in [-0.1, -0.05) is 6.07 Å². The van der Waals surface area contributed by atoms with Gasteiger partial charge in [0, 0.05) is 6.20 Å². The Bertz CT molecular complexity index is 991. The molecule has 0 spiro atoms. The first-order valence-corrected chi connectivity index (χ1v) is 7.47.